The number of fused-ring (bicyclic) bond motifs is 1. The molecular weight excluding hydrogens is 283 g/mol. The van der Waals surface area contributed by atoms with Gasteiger partial charge in [0.15, 0.2) is 17.1 Å². The summed E-state index contributed by atoms with van der Waals surface area (Å²) in [5, 5.41) is 1.89. The zero-order valence-corrected chi connectivity index (χ0v) is 11.4. The standard InChI is InChI=1S/C14H14F3N3O/c1-3-19-9-20(12-7-5-4-6-11(12)19)10(2)13(21)18-8-14(15,16)17/h3-7,9-10H,1,8H2,2H3/p+1/t10-/m0/s1. The van der Waals surface area contributed by atoms with Gasteiger partial charge in [-0.1, -0.05) is 18.7 Å². The molecule has 0 spiro atoms. The van der Waals surface area contributed by atoms with Crippen molar-refractivity contribution in [3.05, 3.63) is 37.2 Å². The van der Waals surface area contributed by atoms with Crippen LogP contribution in [0.25, 0.3) is 17.2 Å². The van der Waals surface area contributed by atoms with Gasteiger partial charge < -0.3 is 5.32 Å². The quantitative estimate of drug-likeness (QED) is 0.864. The van der Waals surface area contributed by atoms with Gasteiger partial charge in [-0.15, -0.1) is 0 Å². The summed E-state index contributed by atoms with van der Waals surface area (Å²) in [6.45, 7) is 3.88. The molecule has 21 heavy (non-hydrogen) atoms. The molecule has 1 atom stereocenters. The fourth-order valence-corrected chi connectivity index (χ4v) is 2.07. The first kappa shape index (κ1) is 15.1. The van der Waals surface area contributed by atoms with Gasteiger partial charge >= 0.3 is 6.18 Å². The fourth-order valence-electron chi connectivity index (χ4n) is 2.07. The van der Waals surface area contributed by atoms with E-state index >= 15 is 0 Å². The third-order valence-corrected chi connectivity index (χ3v) is 3.14. The Kier molecular flexibility index (Phi) is 4.02. The van der Waals surface area contributed by atoms with E-state index in [9.17, 15) is 18.0 Å². The Morgan fingerprint density at radius 2 is 2.14 bits per heavy atom. The van der Waals surface area contributed by atoms with Crippen LogP contribution in [0.1, 0.15) is 13.0 Å². The van der Waals surface area contributed by atoms with Crippen molar-refractivity contribution in [3.8, 4) is 0 Å². The van der Waals surface area contributed by atoms with E-state index in [0.29, 0.717) is 0 Å². The van der Waals surface area contributed by atoms with E-state index in [4.69, 9.17) is 0 Å². The normalized spacial score (nSPS) is 13.1. The van der Waals surface area contributed by atoms with Gasteiger partial charge in [0, 0.05) is 0 Å². The van der Waals surface area contributed by atoms with Crippen LogP contribution < -0.4 is 9.88 Å². The Bertz CT molecular complexity index is 676. The van der Waals surface area contributed by atoms with Gasteiger partial charge in [0.1, 0.15) is 6.54 Å². The summed E-state index contributed by atoms with van der Waals surface area (Å²) >= 11 is 0. The van der Waals surface area contributed by atoms with E-state index < -0.39 is 24.7 Å². The molecule has 0 radical (unpaired) electrons. The maximum absolute atomic E-state index is 12.2. The molecule has 1 aromatic carbocycles. The third-order valence-electron chi connectivity index (χ3n) is 3.14. The predicted octanol–water partition coefficient (Wildman–Crippen LogP) is 2.27. The molecule has 1 N–H and O–H groups in total. The highest BCUT2D eigenvalue weighted by molar-refractivity contribution is 5.80. The summed E-state index contributed by atoms with van der Waals surface area (Å²) in [4.78, 5) is 11.9. The van der Waals surface area contributed by atoms with Crippen molar-refractivity contribution in [1.82, 2.24) is 9.88 Å². The van der Waals surface area contributed by atoms with Crippen LogP contribution >= 0.6 is 0 Å². The Morgan fingerprint density at radius 3 is 2.76 bits per heavy atom. The van der Waals surface area contributed by atoms with Gasteiger partial charge in [-0.3, -0.25) is 4.79 Å². The molecular formula is C14H15F3N3O+. The number of hydrogen-bond acceptors (Lipinski definition) is 1. The van der Waals surface area contributed by atoms with Crippen LogP contribution in [0.2, 0.25) is 0 Å². The molecule has 1 heterocycles. The lowest BCUT2D eigenvalue weighted by Crippen LogP contribution is -2.48. The molecule has 4 nitrogen and oxygen atoms in total. The van der Waals surface area contributed by atoms with Crippen LogP contribution in [0, 0.1) is 0 Å². The average molecular weight is 298 g/mol. The summed E-state index contributed by atoms with van der Waals surface area (Å²) in [5.74, 6) is -0.690. The molecule has 0 aliphatic rings. The summed E-state index contributed by atoms with van der Waals surface area (Å²) in [6, 6.07) is 6.50. The Balaban J connectivity index is 2.29. The maximum atomic E-state index is 12.2. The fraction of sp³-hybridized carbons (Fsp3) is 0.286. The first-order valence-electron chi connectivity index (χ1n) is 6.31. The second-order valence-corrected chi connectivity index (χ2v) is 4.61. The molecule has 7 heteroatoms. The molecule has 0 saturated carbocycles. The molecule has 1 amide bonds. The second kappa shape index (κ2) is 5.59. The molecule has 0 fully saturated rings. The number of rotatable bonds is 4. The number of para-hydroxylation sites is 2. The smallest absolute Gasteiger partial charge is 0.343 e. The number of carbonyl (C=O) groups is 1. The molecule has 0 aliphatic heterocycles. The highest BCUT2D eigenvalue weighted by atomic mass is 19.4. The van der Waals surface area contributed by atoms with Crippen molar-refractivity contribution in [2.75, 3.05) is 6.54 Å². The van der Waals surface area contributed by atoms with E-state index in [1.807, 2.05) is 17.4 Å². The van der Waals surface area contributed by atoms with Crippen LogP contribution in [0.4, 0.5) is 13.2 Å². The molecule has 0 unspecified atom stereocenters. The highest BCUT2D eigenvalue weighted by Gasteiger charge is 2.31. The number of hydrogen-bond donors (Lipinski definition) is 1. The highest BCUT2D eigenvalue weighted by Crippen LogP contribution is 2.15. The monoisotopic (exact) mass is 298 g/mol. The van der Waals surface area contributed by atoms with Crippen molar-refractivity contribution in [3.63, 3.8) is 0 Å². The lowest BCUT2D eigenvalue weighted by atomic mass is 10.2. The number of nitrogens with zero attached hydrogens (tertiary/aromatic N) is 2. The van der Waals surface area contributed by atoms with Gasteiger partial charge in [-0.05, 0) is 19.1 Å². The van der Waals surface area contributed by atoms with Crippen LogP contribution in [0.5, 0.6) is 0 Å². The minimum absolute atomic E-state index is 0.690. The van der Waals surface area contributed by atoms with E-state index in [2.05, 4.69) is 6.58 Å². The number of nitrogens with one attached hydrogen (secondary N) is 1. The van der Waals surface area contributed by atoms with Crippen LogP contribution in [0.15, 0.2) is 37.2 Å². The summed E-state index contributed by atoms with van der Waals surface area (Å²) < 4.78 is 39.8. The van der Waals surface area contributed by atoms with E-state index in [1.54, 1.807) is 40.7 Å². The molecule has 0 aliphatic carbocycles. The van der Waals surface area contributed by atoms with E-state index in [-0.39, 0.29) is 0 Å². The van der Waals surface area contributed by atoms with Gasteiger partial charge in [-0.2, -0.15) is 13.2 Å². The first-order valence-corrected chi connectivity index (χ1v) is 6.31. The molecule has 112 valence electrons. The van der Waals surface area contributed by atoms with Crippen molar-refractivity contribution in [1.29, 1.82) is 0 Å². The number of halogens is 3. The predicted molar refractivity (Wildman–Crippen MR) is 72.3 cm³/mol. The Labute approximate surface area is 119 Å². The minimum atomic E-state index is -4.42. The number of benzene rings is 1. The molecule has 0 bridgehead atoms. The topological polar surface area (TPSA) is 37.9 Å². The maximum Gasteiger partial charge on any atom is 0.405 e. The van der Waals surface area contributed by atoms with Crippen molar-refractivity contribution in [2.24, 2.45) is 0 Å². The third kappa shape index (κ3) is 3.24. The molecule has 0 saturated heterocycles. The number of imidazole rings is 1. The largest absolute Gasteiger partial charge is 0.405 e. The van der Waals surface area contributed by atoms with Crippen molar-refractivity contribution >= 4 is 23.1 Å². The molecule has 2 rings (SSSR count). The second-order valence-electron chi connectivity index (χ2n) is 4.61. The van der Waals surface area contributed by atoms with Crippen LogP contribution in [-0.4, -0.2) is 23.2 Å². The minimum Gasteiger partial charge on any atom is -0.343 e. The summed E-state index contributed by atoms with van der Waals surface area (Å²) in [6.07, 6.45) is -1.22. The van der Waals surface area contributed by atoms with Crippen LogP contribution in [0.3, 0.4) is 0 Å². The van der Waals surface area contributed by atoms with Gasteiger partial charge in [-0.25, -0.2) is 9.13 Å². The number of carbonyl (C=O) groups excluding carboxylic acids is 1. The summed E-state index contributed by atoms with van der Waals surface area (Å²) in [5.41, 5.74) is 1.56. The number of alkyl halides is 3. The SMILES string of the molecule is C=Cn1c[n+]([C@@H](C)C(=O)NCC(F)(F)F)c2ccccc21. The molecule has 2 aromatic rings. The Hall–Kier alpha value is -2.31. The van der Waals surface area contributed by atoms with Gasteiger partial charge in [0.2, 0.25) is 6.33 Å². The zero-order valence-electron chi connectivity index (χ0n) is 11.4. The zero-order chi connectivity index (χ0) is 15.6. The number of amides is 1. The van der Waals surface area contributed by atoms with E-state index in [1.165, 1.54) is 0 Å². The van der Waals surface area contributed by atoms with Gasteiger partial charge in [0.05, 0.1) is 6.20 Å². The first-order chi connectivity index (χ1) is 9.83. The lowest BCUT2D eigenvalue weighted by molar-refractivity contribution is -0.681. The van der Waals surface area contributed by atoms with Crippen molar-refractivity contribution in [2.45, 2.75) is 19.1 Å². The lowest BCUT2D eigenvalue weighted by Gasteiger charge is -2.11. The summed E-state index contributed by atoms with van der Waals surface area (Å²) in [7, 11) is 0. The van der Waals surface area contributed by atoms with E-state index in [0.717, 1.165) is 11.0 Å². The molecule has 1 aromatic heterocycles. The van der Waals surface area contributed by atoms with Crippen molar-refractivity contribution < 1.29 is 22.5 Å². The number of aromatic nitrogens is 2. The average Bonchev–Trinajstić information content (AvgIpc) is 2.82. The van der Waals surface area contributed by atoms with Gasteiger partial charge in [0.25, 0.3) is 5.91 Å². The van der Waals surface area contributed by atoms with Crippen LogP contribution in [-0.2, 0) is 4.79 Å². The Morgan fingerprint density at radius 1 is 1.48 bits per heavy atom.